The van der Waals surface area contributed by atoms with Gasteiger partial charge in [0.2, 0.25) is 0 Å². The number of ether oxygens (including phenoxy) is 1. The molecule has 17 heavy (non-hydrogen) atoms. The summed E-state index contributed by atoms with van der Waals surface area (Å²) in [6.07, 6.45) is 0. The molecular formula is C10H19NO6. The van der Waals surface area contributed by atoms with E-state index < -0.39 is 5.97 Å². The van der Waals surface area contributed by atoms with Crippen LogP contribution in [0.25, 0.3) is 0 Å². The predicted molar refractivity (Wildman–Crippen MR) is 58.6 cm³/mol. The Hall–Kier alpha value is -0.990. The lowest BCUT2D eigenvalue weighted by Gasteiger charge is -2.19. The summed E-state index contributed by atoms with van der Waals surface area (Å²) >= 11 is 0. The van der Waals surface area contributed by atoms with E-state index in [0.29, 0.717) is 5.57 Å². The van der Waals surface area contributed by atoms with E-state index in [4.69, 9.17) is 24.6 Å². The molecule has 0 saturated carbocycles. The number of carbonyl (C=O) groups is 1. The molecule has 0 atom stereocenters. The van der Waals surface area contributed by atoms with Gasteiger partial charge in [0.25, 0.3) is 0 Å². The summed E-state index contributed by atoms with van der Waals surface area (Å²) in [5.74, 6) is -0.491. The average molecular weight is 249 g/mol. The lowest BCUT2D eigenvalue weighted by molar-refractivity contribution is -0.372. The van der Waals surface area contributed by atoms with Gasteiger partial charge in [-0.05, 0) is 6.92 Å². The molecule has 0 radical (unpaired) electrons. The van der Waals surface area contributed by atoms with Crippen molar-refractivity contribution in [3.8, 4) is 0 Å². The summed E-state index contributed by atoms with van der Waals surface area (Å²) in [5, 5.41) is 18.2. The molecule has 0 amide bonds. The number of hydrogen-bond acceptors (Lipinski definition) is 7. The van der Waals surface area contributed by atoms with Crippen molar-refractivity contribution in [2.45, 2.75) is 6.92 Å². The summed E-state index contributed by atoms with van der Waals surface area (Å²) < 4.78 is 4.83. The van der Waals surface area contributed by atoms with Crippen molar-refractivity contribution < 1.29 is 29.4 Å². The minimum Gasteiger partial charge on any atom is -0.461 e. The van der Waals surface area contributed by atoms with E-state index in [1.165, 1.54) is 0 Å². The maximum Gasteiger partial charge on any atom is 0.333 e. The maximum absolute atomic E-state index is 11.1. The fourth-order valence-electron chi connectivity index (χ4n) is 0.788. The first kappa shape index (κ1) is 16.0. The molecule has 0 aromatic carbocycles. The van der Waals surface area contributed by atoms with Gasteiger partial charge in [-0.25, -0.2) is 4.79 Å². The van der Waals surface area contributed by atoms with Crippen molar-refractivity contribution in [3.05, 3.63) is 12.2 Å². The number of nitrogens with zero attached hydrogens (tertiary/aromatic N) is 1. The average Bonchev–Trinajstić information content (AvgIpc) is 2.31. The highest BCUT2D eigenvalue weighted by molar-refractivity contribution is 5.86. The molecule has 2 N–H and O–H groups in total. The van der Waals surface area contributed by atoms with Crippen LogP contribution in [0.5, 0.6) is 0 Å². The lowest BCUT2D eigenvalue weighted by Crippen LogP contribution is -2.31. The van der Waals surface area contributed by atoms with Gasteiger partial charge in [0.15, 0.2) is 0 Å². The highest BCUT2D eigenvalue weighted by Crippen LogP contribution is 1.96. The third kappa shape index (κ3) is 8.78. The molecule has 7 heteroatoms. The van der Waals surface area contributed by atoms with E-state index in [2.05, 4.69) is 6.58 Å². The smallest absolute Gasteiger partial charge is 0.333 e. The monoisotopic (exact) mass is 249 g/mol. The van der Waals surface area contributed by atoms with E-state index in [1.807, 2.05) is 0 Å². The van der Waals surface area contributed by atoms with Crippen LogP contribution in [0, 0.1) is 0 Å². The third-order valence-corrected chi connectivity index (χ3v) is 1.51. The standard InChI is InChI=1S/C10H19NO6/c1-9(2)10(14)15-6-3-11(16-7-4-12)17-8-5-13/h12-13H,1,3-8H2,2H3. The Labute approximate surface area is 100 Å². The van der Waals surface area contributed by atoms with Crippen LogP contribution in [0.15, 0.2) is 12.2 Å². The quantitative estimate of drug-likeness (QED) is 0.299. The fourth-order valence-corrected chi connectivity index (χ4v) is 0.788. The lowest BCUT2D eigenvalue weighted by atomic mass is 10.4. The molecule has 0 heterocycles. The van der Waals surface area contributed by atoms with Crippen molar-refractivity contribution in [3.63, 3.8) is 0 Å². The molecule has 0 rings (SSSR count). The minimum atomic E-state index is -0.491. The molecule has 100 valence electrons. The second kappa shape index (κ2) is 10.2. The number of carbonyl (C=O) groups excluding carboxylic acids is 1. The largest absolute Gasteiger partial charge is 0.461 e. The summed E-state index contributed by atoms with van der Waals surface area (Å²) in [7, 11) is 0. The molecule has 0 fully saturated rings. The Kier molecular flexibility index (Phi) is 9.59. The van der Waals surface area contributed by atoms with Gasteiger partial charge in [0.1, 0.15) is 6.61 Å². The zero-order chi connectivity index (χ0) is 13.1. The van der Waals surface area contributed by atoms with Gasteiger partial charge in [0.05, 0.1) is 33.0 Å². The molecule has 0 unspecified atom stereocenters. The van der Waals surface area contributed by atoms with Crippen LogP contribution in [0.1, 0.15) is 6.92 Å². The van der Waals surface area contributed by atoms with Crippen LogP contribution in [-0.2, 0) is 19.2 Å². The number of aliphatic hydroxyl groups excluding tert-OH is 2. The van der Waals surface area contributed by atoms with Gasteiger partial charge in [-0.15, -0.1) is 0 Å². The van der Waals surface area contributed by atoms with Crippen LogP contribution in [-0.4, -0.2) is 61.0 Å². The second-order valence-electron chi connectivity index (χ2n) is 3.09. The molecule has 0 aliphatic heterocycles. The topological polar surface area (TPSA) is 88.5 Å². The zero-order valence-electron chi connectivity index (χ0n) is 9.92. The van der Waals surface area contributed by atoms with Gasteiger partial charge < -0.3 is 14.9 Å². The van der Waals surface area contributed by atoms with Crippen molar-refractivity contribution >= 4 is 5.97 Å². The number of esters is 1. The van der Waals surface area contributed by atoms with E-state index in [1.54, 1.807) is 6.92 Å². The molecule has 0 aliphatic carbocycles. The van der Waals surface area contributed by atoms with E-state index in [-0.39, 0.29) is 39.6 Å². The summed E-state index contributed by atoms with van der Waals surface area (Å²) in [6, 6.07) is 0. The Morgan fingerprint density at radius 3 is 2.12 bits per heavy atom. The summed E-state index contributed by atoms with van der Waals surface area (Å²) in [5.41, 5.74) is 0.309. The summed E-state index contributed by atoms with van der Waals surface area (Å²) in [6.45, 7) is 4.99. The van der Waals surface area contributed by atoms with Gasteiger partial charge in [-0.1, -0.05) is 11.8 Å². The van der Waals surface area contributed by atoms with E-state index in [9.17, 15) is 4.79 Å². The SMILES string of the molecule is C=C(C)C(=O)OCCN(OCCO)OCCO. The van der Waals surface area contributed by atoms with Crippen LogP contribution in [0.2, 0.25) is 0 Å². The number of aliphatic hydroxyl groups is 2. The van der Waals surface area contributed by atoms with Crippen molar-refractivity contribution in [1.82, 2.24) is 5.23 Å². The van der Waals surface area contributed by atoms with Crippen LogP contribution in [0.3, 0.4) is 0 Å². The molecule has 0 bridgehead atoms. The second-order valence-corrected chi connectivity index (χ2v) is 3.09. The van der Waals surface area contributed by atoms with Crippen molar-refractivity contribution in [2.24, 2.45) is 0 Å². The summed E-state index contributed by atoms with van der Waals surface area (Å²) in [4.78, 5) is 21.0. The third-order valence-electron chi connectivity index (χ3n) is 1.51. The number of hydroxylamine groups is 2. The first-order chi connectivity index (χ1) is 8.11. The number of rotatable bonds is 10. The predicted octanol–water partition coefficient (Wildman–Crippen LogP) is -0.745. The fraction of sp³-hybridized carbons (Fsp3) is 0.700. The molecule has 0 aliphatic rings. The Morgan fingerprint density at radius 1 is 1.18 bits per heavy atom. The minimum absolute atomic E-state index is 0.0554. The normalized spacial score (nSPS) is 10.6. The Bertz CT molecular complexity index is 225. The van der Waals surface area contributed by atoms with Gasteiger partial charge >= 0.3 is 5.97 Å². The maximum atomic E-state index is 11.1. The van der Waals surface area contributed by atoms with E-state index in [0.717, 1.165) is 5.23 Å². The Balaban J connectivity index is 3.81. The van der Waals surface area contributed by atoms with Crippen molar-refractivity contribution in [1.29, 1.82) is 0 Å². The molecule has 0 aromatic rings. The van der Waals surface area contributed by atoms with Crippen LogP contribution >= 0.6 is 0 Å². The van der Waals surface area contributed by atoms with Crippen LogP contribution < -0.4 is 0 Å². The molecule has 7 nitrogen and oxygen atoms in total. The van der Waals surface area contributed by atoms with Gasteiger partial charge in [-0.2, -0.15) is 0 Å². The Morgan fingerprint density at radius 2 is 1.71 bits per heavy atom. The molecule has 0 saturated heterocycles. The van der Waals surface area contributed by atoms with Gasteiger partial charge in [-0.3, -0.25) is 9.68 Å². The first-order valence-corrected chi connectivity index (χ1v) is 5.19. The number of hydrogen-bond donors (Lipinski definition) is 2. The highest BCUT2D eigenvalue weighted by Gasteiger charge is 2.08. The van der Waals surface area contributed by atoms with Gasteiger partial charge in [0, 0.05) is 5.57 Å². The molecular weight excluding hydrogens is 230 g/mol. The highest BCUT2D eigenvalue weighted by atomic mass is 16.9. The zero-order valence-corrected chi connectivity index (χ0v) is 9.92. The first-order valence-electron chi connectivity index (χ1n) is 5.19. The van der Waals surface area contributed by atoms with Crippen molar-refractivity contribution in [2.75, 3.05) is 39.6 Å². The van der Waals surface area contributed by atoms with E-state index >= 15 is 0 Å². The van der Waals surface area contributed by atoms with Crippen LogP contribution in [0.4, 0.5) is 0 Å². The molecule has 0 spiro atoms. The molecule has 0 aromatic heterocycles.